The number of carbonyl (C=O) groups excluding carboxylic acids is 1. The highest BCUT2D eigenvalue weighted by Gasteiger charge is 2.33. The van der Waals surface area contributed by atoms with Gasteiger partial charge in [0.05, 0.1) is 0 Å². The standard InChI is InChI=1S/C12H9ClF3N3O2S/c1-19(8-4-2-3-7(14)5-8)9(20)6-21-11-18-17-10(22-11)12(13,15)16/h2-5H,6H2,1H3. The van der Waals surface area contributed by atoms with E-state index in [9.17, 15) is 18.0 Å². The van der Waals surface area contributed by atoms with E-state index in [2.05, 4.69) is 10.2 Å². The van der Waals surface area contributed by atoms with Crippen molar-refractivity contribution in [1.29, 1.82) is 0 Å². The molecule has 0 atom stereocenters. The van der Waals surface area contributed by atoms with Gasteiger partial charge in [0.2, 0.25) is 5.01 Å². The second-order valence-electron chi connectivity index (χ2n) is 4.09. The van der Waals surface area contributed by atoms with Crippen LogP contribution in [0.1, 0.15) is 5.01 Å². The van der Waals surface area contributed by atoms with E-state index in [1.54, 1.807) is 0 Å². The number of carbonyl (C=O) groups is 1. The van der Waals surface area contributed by atoms with Gasteiger partial charge in [-0.25, -0.2) is 4.39 Å². The van der Waals surface area contributed by atoms with E-state index < -0.39 is 28.7 Å². The monoisotopic (exact) mass is 351 g/mol. The second kappa shape index (κ2) is 6.49. The van der Waals surface area contributed by atoms with E-state index in [-0.39, 0.29) is 5.19 Å². The maximum Gasteiger partial charge on any atom is 0.376 e. The number of ether oxygens (including phenoxy) is 1. The van der Waals surface area contributed by atoms with Crippen LogP contribution in [0.15, 0.2) is 24.3 Å². The van der Waals surface area contributed by atoms with Crippen LogP contribution in [-0.4, -0.2) is 29.8 Å². The number of aromatic nitrogens is 2. The zero-order chi connectivity index (χ0) is 16.3. The van der Waals surface area contributed by atoms with Gasteiger partial charge in [-0.3, -0.25) is 4.79 Å². The molecule has 118 valence electrons. The molecular weight excluding hydrogens is 343 g/mol. The average Bonchev–Trinajstić information content (AvgIpc) is 2.93. The molecule has 1 aromatic carbocycles. The Labute approximate surface area is 132 Å². The van der Waals surface area contributed by atoms with Crippen LogP contribution >= 0.6 is 22.9 Å². The Bertz CT molecular complexity index is 678. The van der Waals surface area contributed by atoms with Crippen LogP contribution in [0.4, 0.5) is 18.9 Å². The summed E-state index contributed by atoms with van der Waals surface area (Å²) in [6.45, 7) is -0.463. The highest BCUT2D eigenvalue weighted by Crippen LogP contribution is 2.36. The lowest BCUT2D eigenvalue weighted by molar-refractivity contribution is -0.120. The summed E-state index contributed by atoms with van der Waals surface area (Å²) in [5, 5.41) is 1.94. The van der Waals surface area contributed by atoms with Gasteiger partial charge in [-0.2, -0.15) is 8.78 Å². The Balaban J connectivity index is 1.96. The van der Waals surface area contributed by atoms with Crippen LogP contribution in [0.5, 0.6) is 5.19 Å². The van der Waals surface area contributed by atoms with Gasteiger partial charge in [0.25, 0.3) is 11.1 Å². The third kappa shape index (κ3) is 4.08. The molecule has 0 radical (unpaired) electrons. The minimum atomic E-state index is -3.64. The first-order valence-electron chi connectivity index (χ1n) is 5.83. The Kier molecular flexibility index (Phi) is 4.87. The summed E-state index contributed by atoms with van der Waals surface area (Å²) in [7, 11) is 1.43. The highest BCUT2D eigenvalue weighted by atomic mass is 35.5. The van der Waals surface area contributed by atoms with Crippen LogP contribution in [0.3, 0.4) is 0 Å². The quantitative estimate of drug-likeness (QED) is 0.777. The smallest absolute Gasteiger partial charge is 0.376 e. The number of nitrogens with zero attached hydrogens (tertiary/aromatic N) is 3. The molecule has 0 N–H and O–H groups in total. The molecule has 0 saturated carbocycles. The number of rotatable bonds is 5. The molecule has 0 unspecified atom stereocenters. The first kappa shape index (κ1) is 16.5. The minimum absolute atomic E-state index is 0.212. The molecule has 0 bridgehead atoms. The molecule has 10 heteroatoms. The van der Waals surface area contributed by atoms with Crippen molar-refractivity contribution in [2.75, 3.05) is 18.6 Å². The molecule has 2 rings (SSSR count). The van der Waals surface area contributed by atoms with Gasteiger partial charge in [-0.1, -0.05) is 22.5 Å². The summed E-state index contributed by atoms with van der Waals surface area (Å²) >= 11 is 5.22. The first-order valence-corrected chi connectivity index (χ1v) is 7.02. The van der Waals surface area contributed by atoms with Gasteiger partial charge < -0.3 is 9.64 Å². The maximum atomic E-state index is 13.1. The van der Waals surface area contributed by atoms with Gasteiger partial charge in [-0.15, -0.1) is 5.10 Å². The zero-order valence-electron chi connectivity index (χ0n) is 11.1. The highest BCUT2D eigenvalue weighted by molar-refractivity contribution is 7.13. The number of amides is 1. The fraction of sp³-hybridized carbons (Fsp3) is 0.250. The van der Waals surface area contributed by atoms with Crippen molar-refractivity contribution in [2.45, 2.75) is 5.38 Å². The summed E-state index contributed by atoms with van der Waals surface area (Å²) in [5.74, 6) is -1.00. The molecule has 1 aromatic heterocycles. The van der Waals surface area contributed by atoms with Crippen molar-refractivity contribution < 1.29 is 22.7 Å². The molecule has 1 heterocycles. The molecule has 0 fully saturated rings. The summed E-state index contributed by atoms with van der Waals surface area (Å²) in [5.41, 5.74) is 0.332. The van der Waals surface area contributed by atoms with Crippen LogP contribution < -0.4 is 9.64 Å². The van der Waals surface area contributed by atoms with E-state index in [4.69, 9.17) is 16.3 Å². The molecule has 1 amide bonds. The Hall–Kier alpha value is -1.87. The summed E-state index contributed by atoms with van der Waals surface area (Å²) in [4.78, 5) is 13.1. The maximum absolute atomic E-state index is 13.1. The number of likely N-dealkylation sites (N-methyl/N-ethyl adjacent to an activating group) is 1. The first-order chi connectivity index (χ1) is 10.3. The van der Waals surface area contributed by atoms with Crippen molar-refractivity contribution >= 4 is 34.5 Å². The van der Waals surface area contributed by atoms with E-state index in [1.165, 1.54) is 36.2 Å². The molecule has 0 aliphatic heterocycles. The molecule has 0 aliphatic rings. The van der Waals surface area contributed by atoms with Gasteiger partial charge in [0.1, 0.15) is 5.82 Å². The normalized spacial score (nSPS) is 11.3. The predicted molar refractivity (Wildman–Crippen MR) is 75.0 cm³/mol. The van der Waals surface area contributed by atoms with Crippen molar-refractivity contribution in [3.05, 3.63) is 35.1 Å². The molecule has 2 aromatic rings. The topological polar surface area (TPSA) is 55.3 Å². The van der Waals surface area contributed by atoms with Crippen LogP contribution in [0, 0.1) is 5.82 Å². The molecule has 22 heavy (non-hydrogen) atoms. The molecule has 0 saturated heterocycles. The van der Waals surface area contributed by atoms with E-state index in [0.29, 0.717) is 17.0 Å². The Morgan fingerprint density at radius 2 is 2.18 bits per heavy atom. The predicted octanol–water partition coefficient (Wildman–Crippen LogP) is 3.01. The van der Waals surface area contributed by atoms with Gasteiger partial charge in [0.15, 0.2) is 6.61 Å². The molecule has 0 aliphatic carbocycles. The van der Waals surface area contributed by atoms with Crippen molar-refractivity contribution in [3.8, 4) is 5.19 Å². The summed E-state index contributed by atoms with van der Waals surface area (Å²) < 4.78 is 43.6. The van der Waals surface area contributed by atoms with E-state index in [0.717, 1.165) is 0 Å². The third-order valence-corrected chi connectivity index (χ3v) is 3.73. The van der Waals surface area contributed by atoms with Crippen molar-refractivity contribution in [2.24, 2.45) is 0 Å². The van der Waals surface area contributed by atoms with Crippen LogP contribution in [0.2, 0.25) is 0 Å². The van der Waals surface area contributed by atoms with E-state index in [1.807, 2.05) is 0 Å². The SMILES string of the molecule is CN(C(=O)COc1nnc(C(F)(F)Cl)s1)c1cccc(F)c1. The van der Waals surface area contributed by atoms with Crippen LogP contribution in [-0.2, 0) is 10.2 Å². The van der Waals surface area contributed by atoms with Gasteiger partial charge in [-0.05, 0) is 29.8 Å². The van der Waals surface area contributed by atoms with Crippen molar-refractivity contribution in [3.63, 3.8) is 0 Å². The van der Waals surface area contributed by atoms with Gasteiger partial charge in [0, 0.05) is 12.7 Å². The lowest BCUT2D eigenvalue weighted by atomic mass is 10.3. The van der Waals surface area contributed by atoms with Gasteiger partial charge >= 0.3 is 5.38 Å². The Morgan fingerprint density at radius 3 is 2.77 bits per heavy atom. The fourth-order valence-electron chi connectivity index (χ4n) is 1.43. The largest absolute Gasteiger partial charge is 0.459 e. The van der Waals surface area contributed by atoms with E-state index >= 15 is 0 Å². The second-order valence-corrected chi connectivity index (χ2v) is 5.51. The average molecular weight is 352 g/mol. The summed E-state index contributed by atoms with van der Waals surface area (Å²) in [6, 6.07) is 5.41. The third-order valence-electron chi connectivity index (χ3n) is 2.54. The number of hydrogen-bond donors (Lipinski definition) is 0. The lowest BCUT2D eigenvalue weighted by Gasteiger charge is -2.16. The number of alkyl halides is 3. The molecular formula is C12H9ClF3N3O2S. The molecule has 5 nitrogen and oxygen atoms in total. The molecule has 0 spiro atoms. The number of benzene rings is 1. The summed E-state index contributed by atoms with van der Waals surface area (Å²) in [6.07, 6.45) is 0. The lowest BCUT2D eigenvalue weighted by Crippen LogP contribution is -2.31. The Morgan fingerprint density at radius 1 is 1.45 bits per heavy atom. The zero-order valence-corrected chi connectivity index (χ0v) is 12.7. The number of halogens is 4. The number of hydrogen-bond acceptors (Lipinski definition) is 5. The van der Waals surface area contributed by atoms with Crippen LogP contribution in [0.25, 0.3) is 0 Å². The fourth-order valence-corrected chi connectivity index (χ4v) is 2.15. The number of anilines is 1. The van der Waals surface area contributed by atoms with Crippen molar-refractivity contribution in [1.82, 2.24) is 10.2 Å². The minimum Gasteiger partial charge on any atom is -0.459 e.